The summed E-state index contributed by atoms with van der Waals surface area (Å²) in [7, 11) is 0. The second-order valence-electron chi connectivity index (χ2n) is 6.86. The van der Waals surface area contributed by atoms with Crippen LogP contribution in [0.5, 0.6) is 11.5 Å². The van der Waals surface area contributed by atoms with Crippen molar-refractivity contribution in [1.82, 2.24) is 9.47 Å². The van der Waals surface area contributed by atoms with E-state index in [2.05, 4.69) is 18.7 Å². The third-order valence-electron chi connectivity index (χ3n) is 4.87. The lowest BCUT2D eigenvalue weighted by Crippen LogP contribution is -2.27. The van der Waals surface area contributed by atoms with Crippen LogP contribution in [-0.4, -0.2) is 35.7 Å². The van der Waals surface area contributed by atoms with Crippen molar-refractivity contribution in [2.24, 2.45) is 0 Å². The van der Waals surface area contributed by atoms with E-state index in [-0.39, 0.29) is 18.0 Å². The molecule has 6 heteroatoms. The summed E-state index contributed by atoms with van der Waals surface area (Å²) >= 11 is 0. The Kier molecular flexibility index (Phi) is 7.63. The number of pyridine rings is 1. The van der Waals surface area contributed by atoms with Gasteiger partial charge in [0, 0.05) is 30.6 Å². The molecule has 0 amide bonds. The Morgan fingerprint density at radius 1 is 0.933 bits per heavy atom. The third-order valence-corrected chi connectivity index (χ3v) is 4.87. The van der Waals surface area contributed by atoms with Crippen LogP contribution in [0.15, 0.2) is 71.7 Å². The molecule has 0 spiro atoms. The summed E-state index contributed by atoms with van der Waals surface area (Å²) in [4.78, 5) is 14.8. The van der Waals surface area contributed by atoms with Gasteiger partial charge in [0.25, 0.3) is 5.56 Å². The highest BCUT2D eigenvalue weighted by Crippen LogP contribution is 2.16. The quantitative estimate of drug-likeness (QED) is 0.501. The van der Waals surface area contributed by atoms with Gasteiger partial charge in [0.15, 0.2) is 0 Å². The van der Waals surface area contributed by atoms with Gasteiger partial charge in [-0.15, -0.1) is 0 Å². The van der Waals surface area contributed by atoms with E-state index >= 15 is 0 Å². The molecule has 0 saturated heterocycles. The van der Waals surface area contributed by atoms with E-state index in [4.69, 9.17) is 9.47 Å². The van der Waals surface area contributed by atoms with Gasteiger partial charge in [0.2, 0.25) is 0 Å². The largest absolute Gasteiger partial charge is 0.492 e. The summed E-state index contributed by atoms with van der Waals surface area (Å²) in [5.41, 5.74) is 1.32. The Hall–Kier alpha value is -3.12. The lowest BCUT2D eigenvalue weighted by molar-refractivity contribution is 0.223. The molecule has 0 atom stereocenters. The molecule has 2 aromatic carbocycles. The fraction of sp³-hybridized carbons (Fsp3) is 0.292. The first kappa shape index (κ1) is 21.6. The molecule has 1 heterocycles. The average molecular weight is 410 g/mol. The van der Waals surface area contributed by atoms with Crippen molar-refractivity contribution in [1.29, 1.82) is 0 Å². The van der Waals surface area contributed by atoms with Crippen molar-refractivity contribution in [2.75, 3.05) is 26.2 Å². The molecule has 30 heavy (non-hydrogen) atoms. The van der Waals surface area contributed by atoms with Gasteiger partial charge < -0.3 is 14.4 Å². The van der Waals surface area contributed by atoms with E-state index in [9.17, 15) is 9.18 Å². The van der Waals surface area contributed by atoms with Gasteiger partial charge in [-0.3, -0.25) is 9.36 Å². The molecule has 0 radical (unpaired) electrons. The maximum Gasteiger partial charge on any atom is 0.255 e. The molecule has 158 valence electrons. The van der Waals surface area contributed by atoms with Crippen LogP contribution in [0.2, 0.25) is 0 Å². The Morgan fingerprint density at radius 2 is 1.70 bits per heavy atom. The Morgan fingerprint density at radius 3 is 2.37 bits per heavy atom. The van der Waals surface area contributed by atoms with Gasteiger partial charge in [0.05, 0.1) is 0 Å². The number of benzene rings is 2. The third kappa shape index (κ3) is 5.94. The van der Waals surface area contributed by atoms with E-state index in [1.807, 2.05) is 30.3 Å². The molecule has 0 fully saturated rings. The summed E-state index contributed by atoms with van der Waals surface area (Å²) in [5, 5.41) is 0. The predicted molar refractivity (Wildman–Crippen MR) is 116 cm³/mol. The van der Waals surface area contributed by atoms with E-state index in [1.165, 1.54) is 18.2 Å². The SMILES string of the molecule is CCN(CC)CCOc1ccc(-n2ccc(COc3cccc(F)c3)cc2=O)cc1. The zero-order valence-corrected chi connectivity index (χ0v) is 17.4. The van der Waals surface area contributed by atoms with Gasteiger partial charge in [-0.2, -0.15) is 0 Å². The van der Waals surface area contributed by atoms with Crippen LogP contribution in [0.1, 0.15) is 19.4 Å². The Balaban J connectivity index is 1.60. The second-order valence-corrected chi connectivity index (χ2v) is 6.86. The lowest BCUT2D eigenvalue weighted by Gasteiger charge is -2.18. The highest BCUT2D eigenvalue weighted by molar-refractivity contribution is 5.38. The number of ether oxygens (including phenoxy) is 2. The molecule has 0 aliphatic heterocycles. The molecule has 1 aromatic heterocycles. The monoisotopic (exact) mass is 410 g/mol. The average Bonchev–Trinajstić information content (AvgIpc) is 2.76. The minimum atomic E-state index is -0.358. The molecule has 3 rings (SSSR count). The lowest BCUT2D eigenvalue weighted by atomic mass is 10.2. The minimum Gasteiger partial charge on any atom is -0.492 e. The molecule has 3 aromatic rings. The van der Waals surface area contributed by atoms with Crippen LogP contribution >= 0.6 is 0 Å². The molecule has 0 aliphatic carbocycles. The fourth-order valence-electron chi connectivity index (χ4n) is 3.08. The smallest absolute Gasteiger partial charge is 0.255 e. The first-order chi connectivity index (χ1) is 14.6. The highest BCUT2D eigenvalue weighted by atomic mass is 19.1. The second kappa shape index (κ2) is 10.6. The Labute approximate surface area is 176 Å². The molecule has 0 aliphatic rings. The Bertz CT molecular complexity index is 998. The number of nitrogens with zero attached hydrogens (tertiary/aromatic N) is 2. The predicted octanol–water partition coefficient (Wildman–Crippen LogP) is 4.28. The molecular weight excluding hydrogens is 383 g/mol. The first-order valence-electron chi connectivity index (χ1n) is 10.1. The molecule has 5 nitrogen and oxygen atoms in total. The van der Waals surface area contributed by atoms with Crippen molar-refractivity contribution in [2.45, 2.75) is 20.5 Å². The summed E-state index contributed by atoms with van der Waals surface area (Å²) in [5.74, 6) is 0.846. The molecule has 0 N–H and O–H groups in total. The molecule has 0 bridgehead atoms. The normalized spacial score (nSPS) is 10.9. The van der Waals surface area contributed by atoms with Crippen molar-refractivity contribution in [3.8, 4) is 17.2 Å². The minimum absolute atomic E-state index is 0.162. The zero-order chi connectivity index (χ0) is 21.3. The van der Waals surface area contributed by atoms with Crippen molar-refractivity contribution >= 4 is 0 Å². The number of hydrogen-bond acceptors (Lipinski definition) is 4. The van der Waals surface area contributed by atoms with Crippen molar-refractivity contribution in [3.05, 3.63) is 88.6 Å². The van der Waals surface area contributed by atoms with Crippen LogP contribution in [0.3, 0.4) is 0 Å². The van der Waals surface area contributed by atoms with E-state index in [0.29, 0.717) is 12.4 Å². The van der Waals surface area contributed by atoms with Gasteiger partial charge in [0.1, 0.15) is 30.5 Å². The number of aromatic nitrogens is 1. The summed E-state index contributed by atoms with van der Waals surface area (Å²) < 4.78 is 26.1. The van der Waals surface area contributed by atoms with Crippen LogP contribution in [-0.2, 0) is 6.61 Å². The number of rotatable bonds is 10. The van der Waals surface area contributed by atoms with Gasteiger partial charge in [-0.1, -0.05) is 19.9 Å². The fourth-order valence-corrected chi connectivity index (χ4v) is 3.08. The number of hydrogen-bond donors (Lipinski definition) is 0. The molecular formula is C24H27FN2O3. The van der Waals surface area contributed by atoms with E-state index in [0.717, 1.165) is 36.6 Å². The van der Waals surface area contributed by atoms with Crippen LogP contribution in [0, 0.1) is 5.82 Å². The number of likely N-dealkylation sites (N-methyl/N-ethyl adjacent to an activating group) is 1. The maximum absolute atomic E-state index is 13.2. The van der Waals surface area contributed by atoms with Crippen molar-refractivity contribution < 1.29 is 13.9 Å². The maximum atomic E-state index is 13.2. The van der Waals surface area contributed by atoms with E-state index < -0.39 is 0 Å². The summed E-state index contributed by atoms with van der Waals surface area (Å²) in [6.07, 6.45) is 1.71. The highest BCUT2D eigenvalue weighted by Gasteiger charge is 2.05. The zero-order valence-electron chi connectivity index (χ0n) is 17.4. The van der Waals surface area contributed by atoms with E-state index in [1.54, 1.807) is 22.9 Å². The number of halogens is 1. The van der Waals surface area contributed by atoms with Gasteiger partial charge >= 0.3 is 0 Å². The summed E-state index contributed by atoms with van der Waals surface area (Å²) in [6, 6.07) is 16.7. The molecule has 0 unspecified atom stereocenters. The standard InChI is InChI=1S/C24H27FN2O3/c1-3-26(4-2)14-15-29-22-10-8-21(9-11-22)27-13-12-19(16-24(27)28)18-30-23-7-5-6-20(25)17-23/h5-13,16-17H,3-4,14-15,18H2,1-2H3. The molecule has 0 saturated carbocycles. The first-order valence-corrected chi connectivity index (χ1v) is 10.1. The van der Waals surface area contributed by atoms with Crippen molar-refractivity contribution in [3.63, 3.8) is 0 Å². The topological polar surface area (TPSA) is 43.7 Å². The van der Waals surface area contributed by atoms with Crippen LogP contribution in [0.25, 0.3) is 5.69 Å². The van der Waals surface area contributed by atoms with Crippen LogP contribution in [0.4, 0.5) is 4.39 Å². The van der Waals surface area contributed by atoms with Gasteiger partial charge in [-0.25, -0.2) is 4.39 Å². The summed E-state index contributed by atoms with van der Waals surface area (Å²) in [6.45, 7) is 7.98. The van der Waals surface area contributed by atoms with Crippen LogP contribution < -0.4 is 15.0 Å². The van der Waals surface area contributed by atoms with Gasteiger partial charge in [-0.05, 0) is 61.1 Å².